The van der Waals surface area contributed by atoms with Crippen molar-refractivity contribution in [3.05, 3.63) is 65.9 Å². The number of ether oxygens (including phenoxy) is 1. The molecule has 2 aromatic carbocycles. The van der Waals surface area contributed by atoms with Gasteiger partial charge in [0.25, 0.3) is 0 Å². The summed E-state index contributed by atoms with van der Waals surface area (Å²) in [4.78, 5) is 9.17. The highest BCUT2D eigenvalue weighted by molar-refractivity contribution is 7.73. The first-order chi connectivity index (χ1) is 13.6. The van der Waals surface area contributed by atoms with Crippen molar-refractivity contribution in [1.29, 1.82) is 4.78 Å². The Morgan fingerprint density at radius 3 is 2.39 bits per heavy atom. The van der Waals surface area contributed by atoms with E-state index in [9.17, 15) is 4.21 Å². The zero-order valence-electron chi connectivity index (χ0n) is 15.3. The Kier molecular flexibility index (Phi) is 6.09. The average molecular weight is 392 g/mol. The highest BCUT2D eigenvalue weighted by Gasteiger charge is 2.04. The van der Waals surface area contributed by atoms with E-state index in [1.807, 2.05) is 24.3 Å². The van der Waals surface area contributed by atoms with E-state index in [1.54, 1.807) is 44.6 Å². The summed E-state index contributed by atoms with van der Waals surface area (Å²) >= 11 is 0. The first-order valence-electron chi connectivity index (χ1n) is 8.30. The number of rotatable bonds is 5. The lowest BCUT2D eigenvalue weighted by Crippen LogP contribution is -2.03. The highest BCUT2D eigenvalue weighted by atomic mass is 32.2. The number of hydrogen-bond donors (Lipinski definition) is 3. The largest absolute Gasteiger partial charge is 0.497 e. The van der Waals surface area contributed by atoms with E-state index < -0.39 is 10.6 Å². The molecule has 142 valence electrons. The summed E-state index contributed by atoms with van der Waals surface area (Å²) in [5.41, 5.74) is 2.26. The van der Waals surface area contributed by atoms with Gasteiger partial charge in [-0.1, -0.05) is 28.9 Å². The van der Waals surface area contributed by atoms with Crippen LogP contribution >= 0.6 is 0 Å². The van der Waals surface area contributed by atoms with Crippen molar-refractivity contribution in [2.75, 3.05) is 24.8 Å². The number of nitrogens with zero attached hydrogens (tertiary/aromatic N) is 2. The van der Waals surface area contributed by atoms with Crippen LogP contribution in [0.2, 0.25) is 0 Å². The fraction of sp³-hybridized carbons (Fsp3) is 0.100. The van der Waals surface area contributed by atoms with Gasteiger partial charge in [0.15, 0.2) is 0 Å². The predicted octanol–water partition coefficient (Wildman–Crippen LogP) is 3.76. The third kappa shape index (κ3) is 4.78. The van der Waals surface area contributed by atoms with Crippen molar-refractivity contribution in [1.82, 2.24) is 9.97 Å². The minimum Gasteiger partial charge on any atom is -0.497 e. The van der Waals surface area contributed by atoms with Crippen LogP contribution in [0.25, 0.3) is 0 Å². The summed E-state index contributed by atoms with van der Waals surface area (Å²) in [5.74, 6) is 7.93. The van der Waals surface area contributed by atoms with Gasteiger partial charge in [-0.3, -0.25) is 0 Å². The Bertz CT molecular complexity index is 1090. The Hall–Kier alpha value is -3.57. The lowest BCUT2D eigenvalue weighted by Gasteiger charge is -2.09. The molecule has 0 unspecified atom stereocenters. The van der Waals surface area contributed by atoms with E-state index in [-0.39, 0.29) is 0 Å². The molecule has 8 heteroatoms. The Morgan fingerprint density at radius 2 is 1.79 bits per heavy atom. The molecule has 7 nitrogen and oxygen atoms in total. The second-order valence-electron chi connectivity index (χ2n) is 5.60. The van der Waals surface area contributed by atoms with E-state index >= 15 is 0 Å². The minimum absolute atomic E-state index is 0.402. The molecule has 0 amide bonds. The van der Waals surface area contributed by atoms with Crippen LogP contribution < -0.4 is 15.4 Å². The van der Waals surface area contributed by atoms with Gasteiger partial charge >= 0.3 is 0 Å². The van der Waals surface area contributed by atoms with Crippen LogP contribution in [0.1, 0.15) is 11.1 Å². The summed E-state index contributed by atoms with van der Waals surface area (Å²) in [5, 5.41) is 6.10. The minimum atomic E-state index is -1.75. The second-order valence-corrected chi connectivity index (χ2v) is 6.61. The molecule has 1 heterocycles. The van der Waals surface area contributed by atoms with E-state index in [4.69, 9.17) is 9.52 Å². The van der Waals surface area contributed by atoms with Gasteiger partial charge in [0.2, 0.25) is 5.95 Å². The molecule has 0 aliphatic heterocycles. The van der Waals surface area contributed by atoms with E-state index in [2.05, 4.69) is 32.4 Å². The summed E-state index contributed by atoms with van der Waals surface area (Å²) < 4.78 is 23.5. The van der Waals surface area contributed by atoms with E-state index in [0.29, 0.717) is 22.2 Å². The van der Waals surface area contributed by atoms with Crippen molar-refractivity contribution < 1.29 is 8.95 Å². The number of anilines is 3. The molecule has 28 heavy (non-hydrogen) atoms. The molecule has 0 atom stereocenters. The molecular weight excluding hydrogens is 374 g/mol. The first kappa shape index (κ1) is 19.2. The van der Waals surface area contributed by atoms with Crippen LogP contribution in [-0.4, -0.2) is 24.1 Å². The monoisotopic (exact) mass is 392 g/mol. The molecule has 0 bridgehead atoms. The average Bonchev–Trinajstić information content (AvgIpc) is 2.73. The summed E-state index contributed by atoms with van der Waals surface area (Å²) in [6, 6.07) is 14.2. The van der Waals surface area contributed by atoms with Gasteiger partial charge in [0, 0.05) is 18.3 Å². The topological polar surface area (TPSA) is 100.0 Å². The summed E-state index contributed by atoms with van der Waals surface area (Å²) in [6.45, 7) is 0. The smallest absolute Gasteiger partial charge is 0.229 e. The van der Waals surface area contributed by atoms with Crippen molar-refractivity contribution in [2.45, 2.75) is 4.90 Å². The lowest BCUT2D eigenvalue weighted by molar-refractivity contribution is 0.415. The van der Waals surface area contributed by atoms with Crippen molar-refractivity contribution in [2.24, 2.45) is 0 Å². The molecule has 0 aliphatic carbocycles. The molecule has 3 aromatic rings. The van der Waals surface area contributed by atoms with Gasteiger partial charge in [0.1, 0.15) is 11.6 Å². The Balaban J connectivity index is 1.79. The fourth-order valence-electron chi connectivity index (χ4n) is 2.33. The Labute approximate surface area is 165 Å². The summed E-state index contributed by atoms with van der Waals surface area (Å²) in [7, 11) is 1.64. The van der Waals surface area contributed by atoms with E-state index in [1.165, 1.54) is 0 Å². The maximum Gasteiger partial charge on any atom is 0.229 e. The van der Waals surface area contributed by atoms with Crippen LogP contribution in [0.4, 0.5) is 17.5 Å². The first-order valence-corrected chi connectivity index (χ1v) is 9.45. The van der Waals surface area contributed by atoms with Gasteiger partial charge in [-0.05, 0) is 36.4 Å². The summed E-state index contributed by atoms with van der Waals surface area (Å²) in [6.07, 6.45) is 1.64. The molecule has 3 rings (SSSR count). The van der Waals surface area contributed by atoms with Gasteiger partial charge < -0.3 is 24.4 Å². The van der Waals surface area contributed by atoms with Gasteiger partial charge in [-0.2, -0.15) is 15.6 Å². The number of benzene rings is 2. The van der Waals surface area contributed by atoms with Gasteiger partial charge in [-0.15, -0.1) is 0 Å². The molecule has 0 fully saturated rings. The number of hydrogen-bond acceptors (Lipinski definition) is 8. The molecule has 0 saturated carbocycles. The molecule has 0 aliphatic rings. The van der Waals surface area contributed by atoms with Crippen LogP contribution in [0.3, 0.4) is 0 Å². The van der Waals surface area contributed by atoms with E-state index in [0.717, 1.165) is 17.0 Å². The van der Waals surface area contributed by atoms with Crippen LogP contribution in [0.15, 0.2) is 59.6 Å². The molecular formula is C20H18N5O2S-. The van der Waals surface area contributed by atoms with Gasteiger partial charge in [-0.25, -0.2) is 4.98 Å². The zero-order valence-corrected chi connectivity index (χ0v) is 16.1. The maximum atomic E-state index is 11.1. The Morgan fingerprint density at radius 1 is 1.07 bits per heavy atom. The fourth-order valence-corrected chi connectivity index (χ4v) is 2.71. The quantitative estimate of drug-likeness (QED) is 0.452. The van der Waals surface area contributed by atoms with Crippen molar-refractivity contribution in [3.63, 3.8) is 0 Å². The molecule has 0 spiro atoms. The predicted molar refractivity (Wildman–Crippen MR) is 109 cm³/mol. The van der Waals surface area contributed by atoms with Crippen LogP contribution in [-0.2, 0) is 14.8 Å². The van der Waals surface area contributed by atoms with Crippen molar-refractivity contribution >= 4 is 28.0 Å². The van der Waals surface area contributed by atoms with Crippen LogP contribution in [0, 0.1) is 16.6 Å². The molecule has 0 radical (unpaired) electrons. The standard InChI is InChI=1S/C20H18N5O2S/c1-22-19-15(6-3-14-4-9-17(27-2)10-5-14)13-23-20(25-19)24-16-7-11-18(12-8-16)28(21)26/h4-5,7-13,21H,1-2H3,(H2,22,23,24,25)/q-1. The highest BCUT2D eigenvalue weighted by Crippen LogP contribution is 2.18. The lowest BCUT2D eigenvalue weighted by atomic mass is 10.2. The second kappa shape index (κ2) is 8.88. The van der Waals surface area contributed by atoms with Gasteiger partial charge in [0.05, 0.1) is 18.9 Å². The van der Waals surface area contributed by atoms with Crippen LogP contribution in [0.5, 0.6) is 5.75 Å². The number of aromatic nitrogens is 2. The maximum absolute atomic E-state index is 11.1. The zero-order chi connectivity index (χ0) is 19.9. The SMILES string of the molecule is CNc1nc(Nc2ccc([S-](=N)=O)cc2)ncc1C#Cc1ccc(OC)cc1. The normalized spacial score (nSPS) is 10.1. The third-order valence-corrected chi connectivity index (χ3v) is 4.48. The molecule has 0 saturated heterocycles. The number of methoxy groups -OCH3 is 1. The molecule has 3 N–H and O–H groups in total. The van der Waals surface area contributed by atoms with Crippen molar-refractivity contribution in [3.8, 4) is 17.6 Å². The third-order valence-electron chi connectivity index (χ3n) is 3.78. The number of nitrogens with one attached hydrogen (secondary N) is 3. The molecule has 1 aromatic heterocycles.